The molecule has 0 spiro atoms. The lowest BCUT2D eigenvalue weighted by Gasteiger charge is -2.29. The molecule has 0 saturated carbocycles. The molecule has 0 aromatic heterocycles. The molecule has 0 saturated heterocycles. The first-order valence-electron chi connectivity index (χ1n) is 8.68. The highest BCUT2D eigenvalue weighted by Gasteiger charge is 2.27. The maximum atomic E-state index is 13.1. The van der Waals surface area contributed by atoms with Crippen molar-refractivity contribution in [2.24, 2.45) is 0 Å². The van der Waals surface area contributed by atoms with Crippen molar-refractivity contribution in [2.45, 2.75) is 32.9 Å². The van der Waals surface area contributed by atoms with Crippen LogP contribution in [0.2, 0.25) is 20.1 Å². The average Bonchev–Trinajstić information content (AvgIpc) is 2.65. The van der Waals surface area contributed by atoms with Gasteiger partial charge in [-0.05, 0) is 49.2 Å². The molecule has 2 rings (SSSR count). The number of halogens is 4. The third-order valence-corrected chi connectivity index (χ3v) is 5.69. The van der Waals surface area contributed by atoms with Gasteiger partial charge in [0.25, 0.3) is 0 Å². The first-order valence-corrected chi connectivity index (χ1v) is 10.2. The zero-order valence-electron chi connectivity index (χ0n) is 15.4. The van der Waals surface area contributed by atoms with Crippen LogP contribution in [-0.2, 0) is 22.6 Å². The van der Waals surface area contributed by atoms with Crippen molar-refractivity contribution in [2.75, 3.05) is 6.54 Å². The minimum atomic E-state index is -0.692. The van der Waals surface area contributed by atoms with Crippen molar-refractivity contribution in [3.05, 3.63) is 67.6 Å². The quantitative estimate of drug-likeness (QED) is 0.600. The van der Waals surface area contributed by atoms with Gasteiger partial charge >= 0.3 is 0 Å². The lowest BCUT2D eigenvalue weighted by atomic mass is 10.1. The van der Waals surface area contributed by atoms with E-state index < -0.39 is 6.04 Å². The maximum absolute atomic E-state index is 13.1. The smallest absolute Gasteiger partial charge is 0.242 e. The Hall–Kier alpha value is -1.46. The van der Waals surface area contributed by atoms with Crippen LogP contribution in [0.25, 0.3) is 0 Å². The Labute approximate surface area is 184 Å². The van der Waals surface area contributed by atoms with Gasteiger partial charge in [-0.25, -0.2) is 0 Å². The summed E-state index contributed by atoms with van der Waals surface area (Å²) in [5.74, 6) is -0.527. The number of hydrogen-bond donors (Lipinski definition) is 1. The average molecular weight is 462 g/mol. The van der Waals surface area contributed by atoms with Gasteiger partial charge in [0.2, 0.25) is 11.8 Å². The molecular weight excluding hydrogens is 442 g/mol. The summed E-state index contributed by atoms with van der Waals surface area (Å²) in [6.45, 7) is 4.15. The van der Waals surface area contributed by atoms with Crippen LogP contribution < -0.4 is 5.32 Å². The Morgan fingerprint density at radius 1 is 1.00 bits per heavy atom. The Kier molecular flexibility index (Phi) is 8.44. The van der Waals surface area contributed by atoms with E-state index in [1.807, 2.05) is 6.92 Å². The van der Waals surface area contributed by atoms with Gasteiger partial charge in [0, 0.05) is 23.1 Å². The van der Waals surface area contributed by atoms with Gasteiger partial charge in [-0.15, -0.1) is 0 Å². The number of likely N-dealkylation sites (N-methyl/N-ethyl adjacent to an activating group) is 1. The van der Waals surface area contributed by atoms with Gasteiger partial charge < -0.3 is 10.2 Å². The first-order chi connectivity index (χ1) is 13.2. The molecule has 1 N–H and O–H groups in total. The van der Waals surface area contributed by atoms with Crippen LogP contribution in [0.1, 0.15) is 25.0 Å². The minimum Gasteiger partial charge on any atom is -0.355 e. The summed E-state index contributed by atoms with van der Waals surface area (Å²) in [6.07, 6.45) is -0.0242. The van der Waals surface area contributed by atoms with Crippen LogP contribution in [0, 0.1) is 0 Å². The molecule has 0 radical (unpaired) electrons. The van der Waals surface area contributed by atoms with Crippen LogP contribution in [0.4, 0.5) is 0 Å². The molecule has 4 nitrogen and oxygen atoms in total. The minimum absolute atomic E-state index is 0.0242. The van der Waals surface area contributed by atoms with Crippen LogP contribution in [0.5, 0.6) is 0 Å². The highest BCUT2D eigenvalue weighted by atomic mass is 35.5. The monoisotopic (exact) mass is 460 g/mol. The fraction of sp³-hybridized carbons (Fsp3) is 0.300. The molecule has 2 amide bonds. The van der Waals surface area contributed by atoms with Gasteiger partial charge in [0.1, 0.15) is 6.04 Å². The van der Waals surface area contributed by atoms with Crippen LogP contribution in [0.15, 0.2) is 36.4 Å². The molecule has 0 fully saturated rings. The van der Waals surface area contributed by atoms with Crippen LogP contribution >= 0.6 is 46.4 Å². The molecule has 2 aromatic rings. The molecular formula is C20H20Cl4N2O2. The molecule has 1 unspecified atom stereocenters. The first kappa shape index (κ1) is 22.8. The van der Waals surface area contributed by atoms with E-state index in [1.54, 1.807) is 43.3 Å². The van der Waals surface area contributed by atoms with E-state index in [2.05, 4.69) is 5.32 Å². The molecule has 0 heterocycles. The molecule has 0 aliphatic carbocycles. The molecule has 28 heavy (non-hydrogen) atoms. The highest BCUT2D eigenvalue weighted by Crippen LogP contribution is 2.27. The van der Waals surface area contributed by atoms with E-state index in [0.717, 1.165) is 5.56 Å². The van der Waals surface area contributed by atoms with E-state index in [1.165, 1.54) is 4.90 Å². The van der Waals surface area contributed by atoms with Crippen molar-refractivity contribution in [3.8, 4) is 0 Å². The second-order valence-electron chi connectivity index (χ2n) is 6.22. The zero-order chi connectivity index (χ0) is 20.8. The second kappa shape index (κ2) is 10.4. The number of hydrogen-bond acceptors (Lipinski definition) is 2. The lowest BCUT2D eigenvalue weighted by molar-refractivity contribution is -0.140. The molecule has 150 valence electrons. The van der Waals surface area contributed by atoms with E-state index in [9.17, 15) is 9.59 Å². The van der Waals surface area contributed by atoms with Crippen molar-refractivity contribution in [3.63, 3.8) is 0 Å². The van der Waals surface area contributed by atoms with Crippen molar-refractivity contribution in [1.82, 2.24) is 10.2 Å². The molecule has 0 aliphatic rings. The standard InChI is InChI=1S/C20H20Cl4N2O2/c1-3-25-20(28)12(2)26(11-13-7-8-17(23)18(24)9-13)19(27)10-14-15(21)5-4-6-16(14)22/h4-9,12H,3,10-11H2,1-2H3,(H,25,28). The third-order valence-electron chi connectivity index (χ3n) is 4.24. The van der Waals surface area contributed by atoms with Gasteiger partial charge in [-0.2, -0.15) is 0 Å². The van der Waals surface area contributed by atoms with Gasteiger partial charge in [0.15, 0.2) is 0 Å². The topological polar surface area (TPSA) is 49.4 Å². The highest BCUT2D eigenvalue weighted by molar-refractivity contribution is 6.42. The molecule has 8 heteroatoms. The van der Waals surface area contributed by atoms with Gasteiger partial charge in [-0.1, -0.05) is 58.5 Å². The van der Waals surface area contributed by atoms with Crippen molar-refractivity contribution >= 4 is 58.2 Å². The maximum Gasteiger partial charge on any atom is 0.242 e. The fourth-order valence-corrected chi connectivity index (χ4v) is 3.55. The predicted octanol–water partition coefficient (Wildman–Crippen LogP) is 5.40. The van der Waals surface area contributed by atoms with Gasteiger partial charge in [-0.3, -0.25) is 9.59 Å². The number of benzene rings is 2. The van der Waals surface area contributed by atoms with E-state index in [-0.39, 0.29) is 24.8 Å². The molecule has 0 bridgehead atoms. The number of carbonyl (C=O) groups excluding carboxylic acids is 2. The Bertz CT molecular complexity index is 853. The number of nitrogens with zero attached hydrogens (tertiary/aromatic N) is 1. The molecule has 2 aromatic carbocycles. The summed E-state index contributed by atoms with van der Waals surface area (Å²) >= 11 is 24.5. The summed E-state index contributed by atoms with van der Waals surface area (Å²) in [7, 11) is 0. The summed E-state index contributed by atoms with van der Waals surface area (Å²) in [6, 6.07) is 9.47. The van der Waals surface area contributed by atoms with Crippen molar-refractivity contribution in [1.29, 1.82) is 0 Å². The lowest BCUT2D eigenvalue weighted by Crippen LogP contribution is -2.48. The SMILES string of the molecule is CCNC(=O)C(C)N(Cc1ccc(Cl)c(Cl)c1)C(=O)Cc1c(Cl)cccc1Cl. The normalized spacial score (nSPS) is 11.8. The van der Waals surface area contributed by atoms with Crippen molar-refractivity contribution < 1.29 is 9.59 Å². The number of nitrogens with one attached hydrogen (secondary N) is 1. The Morgan fingerprint density at radius 3 is 2.21 bits per heavy atom. The number of carbonyl (C=O) groups is 2. The van der Waals surface area contributed by atoms with E-state index in [0.29, 0.717) is 32.2 Å². The Balaban J connectivity index is 2.32. The summed E-state index contributed by atoms with van der Waals surface area (Å²) in [5.41, 5.74) is 1.28. The molecule has 0 aliphatic heterocycles. The number of amides is 2. The largest absolute Gasteiger partial charge is 0.355 e. The van der Waals surface area contributed by atoms with E-state index in [4.69, 9.17) is 46.4 Å². The predicted molar refractivity (Wildman–Crippen MR) is 115 cm³/mol. The summed E-state index contributed by atoms with van der Waals surface area (Å²) in [5, 5.41) is 4.35. The summed E-state index contributed by atoms with van der Waals surface area (Å²) < 4.78 is 0. The van der Waals surface area contributed by atoms with Crippen LogP contribution in [-0.4, -0.2) is 29.3 Å². The summed E-state index contributed by atoms with van der Waals surface area (Å²) in [4.78, 5) is 27.0. The van der Waals surface area contributed by atoms with Gasteiger partial charge in [0.05, 0.1) is 16.5 Å². The Morgan fingerprint density at radius 2 is 1.64 bits per heavy atom. The molecule has 1 atom stereocenters. The number of rotatable bonds is 7. The van der Waals surface area contributed by atoms with Crippen LogP contribution in [0.3, 0.4) is 0 Å². The second-order valence-corrected chi connectivity index (χ2v) is 7.85. The van der Waals surface area contributed by atoms with E-state index >= 15 is 0 Å². The third kappa shape index (κ3) is 5.77. The fourth-order valence-electron chi connectivity index (χ4n) is 2.69. The zero-order valence-corrected chi connectivity index (χ0v) is 18.5.